The zero-order valence-corrected chi connectivity index (χ0v) is 16.4. The second-order valence-electron chi connectivity index (χ2n) is 5.94. The third-order valence-electron chi connectivity index (χ3n) is 4.12. The monoisotopic (exact) mass is 422 g/mol. The van der Waals surface area contributed by atoms with Crippen molar-refractivity contribution in [1.82, 2.24) is 4.98 Å². The van der Waals surface area contributed by atoms with Crippen molar-refractivity contribution in [3.05, 3.63) is 58.7 Å². The topological polar surface area (TPSA) is 60.5 Å². The van der Waals surface area contributed by atoms with E-state index in [2.05, 4.69) is 15.0 Å². The van der Waals surface area contributed by atoms with Crippen LogP contribution in [0, 0.1) is 17.5 Å². The number of aryl methyl sites for hydroxylation is 1. The summed E-state index contributed by atoms with van der Waals surface area (Å²) in [5, 5.41) is 2.96. The maximum atomic E-state index is 14.0. The van der Waals surface area contributed by atoms with Crippen LogP contribution in [0.4, 0.5) is 24.0 Å². The van der Waals surface area contributed by atoms with Crippen LogP contribution in [0.15, 0.2) is 36.4 Å². The van der Waals surface area contributed by atoms with Crippen molar-refractivity contribution in [1.29, 1.82) is 0 Å². The number of nitrogens with one attached hydrogen (secondary N) is 1. The fraction of sp³-hybridized carbons (Fsp3) is 0.200. The van der Waals surface area contributed by atoms with Crippen LogP contribution in [-0.4, -0.2) is 25.2 Å². The summed E-state index contributed by atoms with van der Waals surface area (Å²) >= 11 is 1.19. The Balaban J connectivity index is 1.94. The molecule has 1 N–H and O–H groups in total. The second kappa shape index (κ2) is 8.95. The summed E-state index contributed by atoms with van der Waals surface area (Å²) < 4.78 is 50.5. The molecule has 1 aromatic heterocycles. The Morgan fingerprint density at radius 1 is 1.07 bits per heavy atom. The van der Waals surface area contributed by atoms with E-state index in [4.69, 9.17) is 4.74 Å². The average Bonchev–Trinajstić information content (AvgIpc) is 3.15. The first kappa shape index (κ1) is 20.7. The number of aromatic nitrogens is 1. The molecule has 0 aliphatic heterocycles. The van der Waals surface area contributed by atoms with E-state index in [-0.39, 0.29) is 23.2 Å². The van der Waals surface area contributed by atoms with Gasteiger partial charge in [0.2, 0.25) is 0 Å². The number of benzene rings is 2. The van der Waals surface area contributed by atoms with Gasteiger partial charge in [-0.3, -0.25) is 4.79 Å². The molecule has 0 saturated carbocycles. The number of halogens is 3. The van der Waals surface area contributed by atoms with Gasteiger partial charge in [-0.05, 0) is 42.8 Å². The van der Waals surface area contributed by atoms with Gasteiger partial charge in [0.05, 0.1) is 32.0 Å². The maximum absolute atomic E-state index is 14.0. The van der Waals surface area contributed by atoms with Gasteiger partial charge in [0.25, 0.3) is 0 Å². The van der Waals surface area contributed by atoms with Crippen LogP contribution in [0.2, 0.25) is 0 Å². The van der Waals surface area contributed by atoms with Crippen molar-refractivity contribution >= 4 is 28.1 Å². The molecule has 3 rings (SSSR count). The molecular formula is C20H17F3N2O3S. The fourth-order valence-electron chi connectivity index (χ4n) is 2.60. The first-order valence-electron chi connectivity index (χ1n) is 8.54. The number of thiazole rings is 1. The molecule has 0 bridgehead atoms. The van der Waals surface area contributed by atoms with Crippen LogP contribution in [0.5, 0.6) is 5.75 Å². The van der Waals surface area contributed by atoms with Gasteiger partial charge in [0.1, 0.15) is 5.75 Å². The lowest BCUT2D eigenvalue weighted by atomic mass is 10.1. The van der Waals surface area contributed by atoms with Gasteiger partial charge in [-0.2, -0.15) is 0 Å². The molecule has 0 radical (unpaired) electrons. The summed E-state index contributed by atoms with van der Waals surface area (Å²) in [5.74, 6) is -3.87. The number of anilines is 2. The number of carbonyl (C=O) groups excluding carboxylic acids is 1. The standard InChI is InChI=1S/C20H17F3N2O3S/c1-27-12-5-3-11(4-6-12)19-15(9-10-16(26)28-2)29-20(25-19)24-14-8-7-13(21)17(22)18(14)23/h3-8H,9-10H2,1-2H3,(H,24,25). The van der Waals surface area contributed by atoms with Crippen molar-refractivity contribution in [2.24, 2.45) is 0 Å². The molecule has 0 fully saturated rings. The smallest absolute Gasteiger partial charge is 0.305 e. The summed E-state index contributed by atoms with van der Waals surface area (Å²) in [4.78, 5) is 16.7. The molecule has 0 amide bonds. The molecule has 5 nitrogen and oxygen atoms in total. The van der Waals surface area contributed by atoms with Crippen LogP contribution in [-0.2, 0) is 16.0 Å². The Bertz CT molecular complexity index is 1020. The predicted molar refractivity (Wildman–Crippen MR) is 104 cm³/mol. The largest absolute Gasteiger partial charge is 0.497 e. The van der Waals surface area contributed by atoms with Gasteiger partial charge in [-0.25, -0.2) is 18.2 Å². The van der Waals surface area contributed by atoms with E-state index in [9.17, 15) is 18.0 Å². The molecule has 0 aliphatic carbocycles. The number of ether oxygens (including phenoxy) is 2. The lowest BCUT2D eigenvalue weighted by Gasteiger charge is -2.05. The highest BCUT2D eigenvalue weighted by Crippen LogP contribution is 2.35. The maximum Gasteiger partial charge on any atom is 0.305 e. The van der Waals surface area contributed by atoms with Gasteiger partial charge < -0.3 is 14.8 Å². The SMILES string of the molecule is COC(=O)CCc1sc(Nc2ccc(F)c(F)c2F)nc1-c1ccc(OC)cc1. The number of hydrogen-bond acceptors (Lipinski definition) is 6. The van der Waals surface area contributed by atoms with E-state index in [1.807, 2.05) is 0 Å². The van der Waals surface area contributed by atoms with Crippen LogP contribution < -0.4 is 10.1 Å². The fourth-order valence-corrected chi connectivity index (χ4v) is 3.60. The zero-order chi connectivity index (χ0) is 21.0. The summed E-state index contributed by atoms with van der Waals surface area (Å²) in [5.41, 5.74) is 1.12. The third kappa shape index (κ3) is 4.68. The second-order valence-corrected chi connectivity index (χ2v) is 7.03. The van der Waals surface area contributed by atoms with Crippen molar-refractivity contribution in [2.45, 2.75) is 12.8 Å². The van der Waals surface area contributed by atoms with Crippen LogP contribution in [0.1, 0.15) is 11.3 Å². The molecule has 0 aliphatic rings. The average molecular weight is 422 g/mol. The highest BCUT2D eigenvalue weighted by atomic mass is 32.1. The number of esters is 1. The van der Waals surface area contributed by atoms with Gasteiger partial charge in [0.15, 0.2) is 22.6 Å². The third-order valence-corrected chi connectivity index (χ3v) is 5.15. The Kier molecular flexibility index (Phi) is 6.38. The summed E-state index contributed by atoms with van der Waals surface area (Å²) in [6.07, 6.45) is 0.495. The van der Waals surface area contributed by atoms with Gasteiger partial charge in [0, 0.05) is 10.4 Å². The van der Waals surface area contributed by atoms with Crippen LogP contribution in [0.25, 0.3) is 11.3 Å². The first-order valence-corrected chi connectivity index (χ1v) is 9.36. The summed E-state index contributed by atoms with van der Waals surface area (Å²) in [6.45, 7) is 0. The lowest BCUT2D eigenvalue weighted by Crippen LogP contribution is -2.01. The van der Waals surface area contributed by atoms with Crippen molar-refractivity contribution in [2.75, 3.05) is 19.5 Å². The van der Waals surface area contributed by atoms with Crippen LogP contribution in [0.3, 0.4) is 0 Å². The highest BCUT2D eigenvalue weighted by molar-refractivity contribution is 7.16. The molecular weight excluding hydrogens is 405 g/mol. The Morgan fingerprint density at radius 2 is 1.79 bits per heavy atom. The Morgan fingerprint density at radius 3 is 2.45 bits per heavy atom. The van der Waals surface area contributed by atoms with Crippen molar-refractivity contribution in [3.63, 3.8) is 0 Å². The molecule has 0 saturated heterocycles. The minimum absolute atomic E-state index is 0.140. The zero-order valence-electron chi connectivity index (χ0n) is 15.6. The minimum Gasteiger partial charge on any atom is -0.497 e. The molecule has 152 valence electrons. The molecule has 3 aromatic rings. The number of nitrogens with zero attached hydrogens (tertiary/aromatic N) is 1. The van der Waals surface area contributed by atoms with E-state index in [0.29, 0.717) is 17.9 Å². The van der Waals surface area contributed by atoms with Crippen LogP contribution >= 0.6 is 11.3 Å². The van der Waals surface area contributed by atoms with Gasteiger partial charge in [-0.1, -0.05) is 0 Å². The quantitative estimate of drug-likeness (QED) is 0.425. The number of rotatable bonds is 7. The molecule has 9 heteroatoms. The van der Waals surface area contributed by atoms with E-state index in [1.54, 1.807) is 31.4 Å². The highest BCUT2D eigenvalue weighted by Gasteiger charge is 2.18. The number of hydrogen-bond donors (Lipinski definition) is 1. The molecule has 29 heavy (non-hydrogen) atoms. The normalized spacial score (nSPS) is 10.7. The van der Waals surface area contributed by atoms with E-state index in [0.717, 1.165) is 22.6 Å². The molecule has 0 atom stereocenters. The van der Waals surface area contributed by atoms with Gasteiger partial charge in [-0.15, -0.1) is 11.3 Å². The van der Waals surface area contributed by atoms with E-state index in [1.165, 1.54) is 18.4 Å². The number of carbonyl (C=O) groups is 1. The lowest BCUT2D eigenvalue weighted by molar-refractivity contribution is -0.140. The van der Waals surface area contributed by atoms with E-state index >= 15 is 0 Å². The molecule has 0 unspecified atom stereocenters. The first-order chi connectivity index (χ1) is 13.9. The molecule has 0 spiro atoms. The van der Waals surface area contributed by atoms with Crippen molar-refractivity contribution in [3.8, 4) is 17.0 Å². The Labute approximate surface area is 169 Å². The Hall–Kier alpha value is -3.07. The molecule has 1 heterocycles. The summed E-state index contributed by atoms with van der Waals surface area (Å²) in [6, 6.07) is 9.06. The predicted octanol–water partition coefficient (Wildman–Crippen LogP) is 5.09. The van der Waals surface area contributed by atoms with Gasteiger partial charge >= 0.3 is 5.97 Å². The minimum atomic E-state index is -1.56. The number of methoxy groups -OCH3 is 2. The summed E-state index contributed by atoms with van der Waals surface area (Å²) in [7, 11) is 2.86. The van der Waals surface area contributed by atoms with E-state index < -0.39 is 17.5 Å². The molecule has 2 aromatic carbocycles. The van der Waals surface area contributed by atoms with Crippen molar-refractivity contribution < 1.29 is 27.4 Å².